The van der Waals surface area contributed by atoms with Crippen molar-refractivity contribution in [2.75, 3.05) is 33.3 Å². The number of benzene rings is 1. The maximum Gasteiger partial charge on any atom is 0.119 e. The van der Waals surface area contributed by atoms with Crippen molar-refractivity contribution in [1.29, 1.82) is 0 Å². The summed E-state index contributed by atoms with van der Waals surface area (Å²) in [5.41, 5.74) is 2.70. The van der Waals surface area contributed by atoms with Gasteiger partial charge in [0.1, 0.15) is 5.75 Å². The third-order valence-corrected chi connectivity index (χ3v) is 4.11. The molecule has 20 heavy (non-hydrogen) atoms. The lowest BCUT2D eigenvalue weighted by Crippen LogP contribution is -2.43. The smallest absolute Gasteiger partial charge is 0.119 e. The number of aromatic nitrogens is 1. The van der Waals surface area contributed by atoms with Gasteiger partial charge in [-0.25, -0.2) is 0 Å². The van der Waals surface area contributed by atoms with Crippen LogP contribution in [0.4, 0.5) is 0 Å². The normalized spacial score (nSPS) is 16.7. The van der Waals surface area contributed by atoms with Gasteiger partial charge < -0.3 is 14.6 Å². The van der Waals surface area contributed by atoms with E-state index in [0.717, 1.165) is 45.0 Å². The van der Waals surface area contributed by atoms with Gasteiger partial charge in [0.15, 0.2) is 0 Å². The number of methoxy groups -OCH3 is 1. The van der Waals surface area contributed by atoms with Crippen LogP contribution in [-0.4, -0.2) is 42.8 Å². The van der Waals surface area contributed by atoms with Crippen LogP contribution in [0.1, 0.15) is 12.6 Å². The van der Waals surface area contributed by atoms with Gasteiger partial charge in [0.05, 0.1) is 7.11 Å². The summed E-state index contributed by atoms with van der Waals surface area (Å²) in [4.78, 5) is 2.52. The van der Waals surface area contributed by atoms with E-state index in [9.17, 15) is 0 Å². The molecule has 1 N–H and O–H groups in total. The summed E-state index contributed by atoms with van der Waals surface area (Å²) < 4.78 is 7.74. The van der Waals surface area contributed by atoms with Crippen molar-refractivity contribution in [3.05, 3.63) is 30.0 Å². The Hall–Kier alpha value is -1.52. The molecule has 1 aliphatic heterocycles. The molecule has 1 saturated heterocycles. The van der Waals surface area contributed by atoms with Crippen molar-refractivity contribution in [2.24, 2.45) is 0 Å². The van der Waals surface area contributed by atoms with Gasteiger partial charge in [-0.1, -0.05) is 0 Å². The Morgan fingerprint density at radius 1 is 1.20 bits per heavy atom. The van der Waals surface area contributed by atoms with Gasteiger partial charge in [0.25, 0.3) is 0 Å². The van der Waals surface area contributed by atoms with E-state index in [2.05, 4.69) is 39.9 Å². The van der Waals surface area contributed by atoms with Gasteiger partial charge in [-0.3, -0.25) is 4.90 Å². The maximum absolute atomic E-state index is 5.33. The van der Waals surface area contributed by atoms with Gasteiger partial charge in [0.2, 0.25) is 0 Å². The van der Waals surface area contributed by atoms with Gasteiger partial charge >= 0.3 is 0 Å². The lowest BCUT2D eigenvalue weighted by atomic mass is 10.2. The molecule has 0 spiro atoms. The van der Waals surface area contributed by atoms with E-state index in [-0.39, 0.29) is 0 Å². The Kier molecular flexibility index (Phi) is 3.94. The van der Waals surface area contributed by atoms with Crippen LogP contribution in [0.5, 0.6) is 5.75 Å². The second-order valence-electron chi connectivity index (χ2n) is 5.33. The zero-order chi connectivity index (χ0) is 13.9. The average Bonchev–Trinajstić information content (AvgIpc) is 2.84. The fourth-order valence-corrected chi connectivity index (χ4v) is 3.04. The zero-order valence-corrected chi connectivity index (χ0v) is 12.4. The molecule has 4 nitrogen and oxygen atoms in total. The Balaban J connectivity index is 1.92. The van der Waals surface area contributed by atoms with Crippen LogP contribution in [0.3, 0.4) is 0 Å². The molecule has 2 aromatic rings. The van der Waals surface area contributed by atoms with E-state index >= 15 is 0 Å². The van der Waals surface area contributed by atoms with E-state index in [0.29, 0.717) is 0 Å². The predicted molar refractivity (Wildman–Crippen MR) is 82.3 cm³/mol. The quantitative estimate of drug-likeness (QED) is 0.925. The Bertz CT molecular complexity index is 585. The second kappa shape index (κ2) is 5.85. The molecule has 0 aliphatic carbocycles. The highest BCUT2D eigenvalue weighted by Crippen LogP contribution is 2.25. The number of rotatable bonds is 4. The third-order valence-electron chi connectivity index (χ3n) is 4.11. The van der Waals surface area contributed by atoms with Gasteiger partial charge in [-0.15, -0.1) is 0 Å². The topological polar surface area (TPSA) is 29.4 Å². The number of hydrogen-bond acceptors (Lipinski definition) is 3. The summed E-state index contributed by atoms with van der Waals surface area (Å²) in [5, 5.41) is 4.68. The van der Waals surface area contributed by atoms with Crippen molar-refractivity contribution in [1.82, 2.24) is 14.8 Å². The first kappa shape index (κ1) is 13.5. The van der Waals surface area contributed by atoms with Crippen LogP contribution >= 0.6 is 0 Å². The molecular formula is C16H23N3O. The minimum absolute atomic E-state index is 0.930. The van der Waals surface area contributed by atoms with Crippen LogP contribution in [0.15, 0.2) is 24.3 Å². The molecule has 0 amide bonds. The lowest BCUT2D eigenvalue weighted by Gasteiger charge is -2.27. The van der Waals surface area contributed by atoms with E-state index in [1.165, 1.54) is 16.6 Å². The molecule has 4 heteroatoms. The van der Waals surface area contributed by atoms with E-state index in [1.54, 1.807) is 7.11 Å². The van der Waals surface area contributed by atoms with Crippen LogP contribution in [0.2, 0.25) is 0 Å². The SMILES string of the molecule is CCn1c(CN2CCNCC2)cc2cc(OC)ccc21. The molecule has 2 heterocycles. The number of fused-ring (bicyclic) bond motifs is 1. The van der Waals surface area contributed by atoms with E-state index in [4.69, 9.17) is 4.74 Å². The van der Waals surface area contributed by atoms with Gasteiger partial charge in [-0.05, 0) is 31.2 Å². The standard InChI is InChI=1S/C16H23N3O/c1-3-19-14(12-18-8-6-17-7-9-18)10-13-11-15(20-2)4-5-16(13)19/h4-5,10-11,17H,3,6-9,12H2,1-2H3. The van der Waals surface area contributed by atoms with Crippen LogP contribution in [0.25, 0.3) is 10.9 Å². The maximum atomic E-state index is 5.33. The summed E-state index contributed by atoms with van der Waals surface area (Å²) in [5.74, 6) is 0.930. The van der Waals surface area contributed by atoms with Crippen LogP contribution in [-0.2, 0) is 13.1 Å². The molecule has 0 bridgehead atoms. The molecule has 0 radical (unpaired) electrons. The largest absolute Gasteiger partial charge is 0.497 e. The molecule has 108 valence electrons. The Labute approximate surface area is 120 Å². The molecule has 1 aliphatic rings. The highest BCUT2D eigenvalue weighted by molar-refractivity contribution is 5.82. The molecule has 1 aromatic carbocycles. The first-order chi connectivity index (χ1) is 9.81. The Morgan fingerprint density at radius 3 is 2.70 bits per heavy atom. The minimum atomic E-state index is 0.930. The number of aryl methyl sites for hydroxylation is 1. The fraction of sp³-hybridized carbons (Fsp3) is 0.500. The molecular weight excluding hydrogens is 250 g/mol. The van der Waals surface area contributed by atoms with E-state index in [1.807, 2.05) is 6.07 Å². The number of nitrogens with one attached hydrogen (secondary N) is 1. The first-order valence-electron chi connectivity index (χ1n) is 7.41. The van der Waals surface area contributed by atoms with E-state index < -0.39 is 0 Å². The predicted octanol–water partition coefficient (Wildman–Crippen LogP) is 2.07. The lowest BCUT2D eigenvalue weighted by molar-refractivity contribution is 0.228. The number of hydrogen-bond donors (Lipinski definition) is 1. The molecule has 0 saturated carbocycles. The highest BCUT2D eigenvalue weighted by atomic mass is 16.5. The van der Waals surface area contributed by atoms with Gasteiger partial charge in [0, 0.05) is 55.9 Å². The number of piperazine rings is 1. The summed E-state index contributed by atoms with van der Waals surface area (Å²) in [7, 11) is 1.72. The van der Waals surface area contributed by atoms with Crippen molar-refractivity contribution in [3.8, 4) is 5.75 Å². The van der Waals surface area contributed by atoms with Crippen molar-refractivity contribution in [3.63, 3.8) is 0 Å². The summed E-state index contributed by atoms with van der Waals surface area (Å²) in [6.45, 7) is 8.72. The van der Waals surface area contributed by atoms with Crippen molar-refractivity contribution < 1.29 is 4.74 Å². The average molecular weight is 273 g/mol. The van der Waals surface area contributed by atoms with Crippen LogP contribution in [0, 0.1) is 0 Å². The number of ether oxygens (including phenoxy) is 1. The molecule has 3 rings (SSSR count). The zero-order valence-electron chi connectivity index (χ0n) is 12.4. The second-order valence-corrected chi connectivity index (χ2v) is 5.33. The molecule has 0 atom stereocenters. The first-order valence-corrected chi connectivity index (χ1v) is 7.41. The fourth-order valence-electron chi connectivity index (χ4n) is 3.04. The van der Waals surface area contributed by atoms with Gasteiger partial charge in [-0.2, -0.15) is 0 Å². The molecule has 1 fully saturated rings. The molecule has 0 unspecified atom stereocenters. The number of nitrogens with zero attached hydrogens (tertiary/aromatic N) is 2. The third kappa shape index (κ3) is 2.53. The summed E-state index contributed by atoms with van der Waals surface area (Å²) in [6, 6.07) is 8.65. The monoisotopic (exact) mass is 273 g/mol. The Morgan fingerprint density at radius 2 is 2.00 bits per heavy atom. The molecule has 1 aromatic heterocycles. The summed E-state index contributed by atoms with van der Waals surface area (Å²) >= 11 is 0. The van der Waals surface area contributed by atoms with Crippen LogP contribution < -0.4 is 10.1 Å². The highest BCUT2D eigenvalue weighted by Gasteiger charge is 2.14. The summed E-state index contributed by atoms with van der Waals surface area (Å²) in [6.07, 6.45) is 0. The van der Waals surface area contributed by atoms with Crippen molar-refractivity contribution in [2.45, 2.75) is 20.0 Å². The van der Waals surface area contributed by atoms with Crippen molar-refractivity contribution >= 4 is 10.9 Å². The minimum Gasteiger partial charge on any atom is -0.497 e.